The SMILES string of the molecule is CCOc1ccc(NC(=O)Nc2ccc(N(C)C)c(C(=O)NCC(C)C)c2)cc1. The van der Waals surface area contributed by atoms with Crippen molar-refractivity contribution >= 4 is 29.0 Å². The Hall–Kier alpha value is -3.22. The highest BCUT2D eigenvalue weighted by Gasteiger charge is 2.15. The van der Waals surface area contributed by atoms with Gasteiger partial charge in [0.25, 0.3) is 5.91 Å². The summed E-state index contributed by atoms with van der Waals surface area (Å²) in [6.45, 7) is 7.16. The van der Waals surface area contributed by atoms with Crippen LogP contribution >= 0.6 is 0 Å². The molecule has 2 aromatic rings. The van der Waals surface area contributed by atoms with E-state index in [-0.39, 0.29) is 11.9 Å². The van der Waals surface area contributed by atoms with E-state index in [0.717, 1.165) is 11.4 Å². The van der Waals surface area contributed by atoms with Gasteiger partial charge in [-0.3, -0.25) is 4.79 Å². The van der Waals surface area contributed by atoms with Gasteiger partial charge in [-0.25, -0.2) is 4.79 Å². The van der Waals surface area contributed by atoms with Crippen LogP contribution in [0.1, 0.15) is 31.1 Å². The second kappa shape index (κ2) is 10.4. The van der Waals surface area contributed by atoms with Crippen molar-refractivity contribution in [1.29, 1.82) is 0 Å². The van der Waals surface area contributed by atoms with Crippen LogP contribution in [-0.4, -0.2) is 39.2 Å². The number of hydrogen-bond acceptors (Lipinski definition) is 4. The largest absolute Gasteiger partial charge is 0.494 e. The summed E-state index contributed by atoms with van der Waals surface area (Å²) >= 11 is 0. The normalized spacial score (nSPS) is 10.4. The molecule has 2 rings (SSSR count). The van der Waals surface area contributed by atoms with E-state index in [1.807, 2.05) is 45.8 Å². The van der Waals surface area contributed by atoms with Gasteiger partial charge in [0, 0.05) is 37.7 Å². The number of nitrogens with zero attached hydrogens (tertiary/aromatic N) is 1. The van der Waals surface area contributed by atoms with E-state index >= 15 is 0 Å². The molecule has 3 amide bonds. The molecule has 0 saturated heterocycles. The molecule has 0 heterocycles. The summed E-state index contributed by atoms with van der Waals surface area (Å²) in [5.74, 6) is 0.927. The van der Waals surface area contributed by atoms with Gasteiger partial charge in [-0.2, -0.15) is 0 Å². The van der Waals surface area contributed by atoms with Gasteiger partial charge in [0.2, 0.25) is 0 Å². The zero-order valence-electron chi connectivity index (χ0n) is 17.7. The molecule has 0 unspecified atom stereocenters. The summed E-state index contributed by atoms with van der Waals surface area (Å²) in [6.07, 6.45) is 0. The summed E-state index contributed by atoms with van der Waals surface area (Å²) in [6, 6.07) is 12.0. The number of nitrogens with one attached hydrogen (secondary N) is 3. The minimum atomic E-state index is -0.389. The fourth-order valence-corrected chi connectivity index (χ4v) is 2.67. The van der Waals surface area contributed by atoms with Gasteiger partial charge >= 0.3 is 6.03 Å². The van der Waals surface area contributed by atoms with Crippen molar-refractivity contribution < 1.29 is 14.3 Å². The Balaban J connectivity index is 2.10. The molecule has 0 aliphatic carbocycles. The van der Waals surface area contributed by atoms with Crippen LogP contribution in [0, 0.1) is 5.92 Å². The van der Waals surface area contributed by atoms with Crippen LogP contribution in [-0.2, 0) is 0 Å². The van der Waals surface area contributed by atoms with Gasteiger partial charge in [0.15, 0.2) is 0 Å². The van der Waals surface area contributed by atoms with Crippen molar-refractivity contribution in [2.45, 2.75) is 20.8 Å². The number of anilines is 3. The third-order valence-corrected chi connectivity index (χ3v) is 4.07. The molecule has 0 fully saturated rings. The summed E-state index contributed by atoms with van der Waals surface area (Å²) in [5.41, 5.74) is 2.47. The molecule has 0 atom stereocenters. The standard InChI is InChI=1S/C22H30N4O3/c1-6-29-18-10-7-16(8-11-18)24-22(28)25-17-9-12-20(26(4)5)19(13-17)21(27)23-14-15(2)3/h7-13,15H,6,14H2,1-5H3,(H,23,27)(H2,24,25,28). The quantitative estimate of drug-likeness (QED) is 0.623. The van der Waals surface area contributed by atoms with E-state index in [4.69, 9.17) is 4.74 Å². The minimum absolute atomic E-state index is 0.169. The molecule has 0 aromatic heterocycles. The first-order valence-corrected chi connectivity index (χ1v) is 9.70. The number of urea groups is 1. The first-order chi connectivity index (χ1) is 13.8. The van der Waals surface area contributed by atoms with Crippen molar-refractivity contribution in [3.05, 3.63) is 48.0 Å². The monoisotopic (exact) mass is 398 g/mol. The lowest BCUT2D eigenvalue weighted by molar-refractivity contribution is 0.0949. The molecule has 0 aliphatic heterocycles. The molecular formula is C22H30N4O3. The highest BCUT2D eigenvalue weighted by atomic mass is 16.5. The van der Waals surface area contributed by atoms with E-state index in [0.29, 0.717) is 36.0 Å². The molecule has 7 heteroatoms. The maximum atomic E-state index is 12.6. The summed E-state index contributed by atoms with van der Waals surface area (Å²) in [7, 11) is 3.75. The second-order valence-corrected chi connectivity index (χ2v) is 7.27. The fourth-order valence-electron chi connectivity index (χ4n) is 2.67. The second-order valence-electron chi connectivity index (χ2n) is 7.27. The number of carbonyl (C=O) groups is 2. The van der Waals surface area contributed by atoms with Crippen LogP contribution < -0.4 is 25.6 Å². The number of amides is 3. The lowest BCUT2D eigenvalue weighted by Crippen LogP contribution is -2.29. The van der Waals surface area contributed by atoms with Crippen molar-refractivity contribution in [3.8, 4) is 5.75 Å². The lowest BCUT2D eigenvalue weighted by atomic mass is 10.1. The van der Waals surface area contributed by atoms with Crippen LogP contribution in [0.25, 0.3) is 0 Å². The van der Waals surface area contributed by atoms with Gasteiger partial charge in [-0.15, -0.1) is 0 Å². The van der Waals surface area contributed by atoms with Gasteiger partial charge < -0.3 is 25.6 Å². The first-order valence-electron chi connectivity index (χ1n) is 9.70. The van der Waals surface area contributed by atoms with Crippen LogP contribution in [0.3, 0.4) is 0 Å². The Kier molecular flexibility index (Phi) is 7.88. The molecule has 0 spiro atoms. The maximum Gasteiger partial charge on any atom is 0.323 e. The average Bonchev–Trinajstić information content (AvgIpc) is 2.67. The van der Waals surface area contributed by atoms with Gasteiger partial charge in [-0.05, 0) is 55.3 Å². The summed E-state index contributed by atoms with van der Waals surface area (Å²) < 4.78 is 5.39. The zero-order chi connectivity index (χ0) is 21.4. The molecular weight excluding hydrogens is 368 g/mol. The third-order valence-electron chi connectivity index (χ3n) is 4.07. The van der Waals surface area contributed by atoms with Gasteiger partial charge in [-0.1, -0.05) is 13.8 Å². The molecule has 0 saturated carbocycles. The molecule has 2 aromatic carbocycles. The zero-order valence-corrected chi connectivity index (χ0v) is 17.7. The van der Waals surface area contributed by atoms with E-state index in [1.54, 1.807) is 36.4 Å². The molecule has 29 heavy (non-hydrogen) atoms. The van der Waals surface area contributed by atoms with Crippen molar-refractivity contribution in [3.63, 3.8) is 0 Å². The maximum absolute atomic E-state index is 12.6. The fraction of sp³-hybridized carbons (Fsp3) is 0.364. The minimum Gasteiger partial charge on any atom is -0.494 e. The highest BCUT2D eigenvalue weighted by molar-refractivity contribution is 6.03. The van der Waals surface area contributed by atoms with E-state index < -0.39 is 0 Å². The first kappa shape index (κ1) is 22.1. The van der Waals surface area contributed by atoms with E-state index in [1.165, 1.54) is 0 Å². The van der Waals surface area contributed by atoms with Gasteiger partial charge in [0.05, 0.1) is 12.2 Å². The predicted octanol–water partition coefficient (Wildman–Crippen LogP) is 4.18. The van der Waals surface area contributed by atoms with Crippen molar-refractivity contribution in [2.24, 2.45) is 5.92 Å². The molecule has 0 radical (unpaired) electrons. The Labute approximate surface area is 172 Å². The lowest BCUT2D eigenvalue weighted by Gasteiger charge is -2.19. The van der Waals surface area contributed by atoms with Crippen LogP contribution in [0.4, 0.5) is 21.9 Å². The number of carbonyl (C=O) groups excluding carboxylic acids is 2. The summed E-state index contributed by atoms with van der Waals surface area (Å²) in [4.78, 5) is 26.8. The Morgan fingerprint density at radius 3 is 2.21 bits per heavy atom. The Morgan fingerprint density at radius 2 is 1.62 bits per heavy atom. The third kappa shape index (κ3) is 6.71. The van der Waals surface area contributed by atoms with E-state index in [9.17, 15) is 9.59 Å². The number of benzene rings is 2. The van der Waals surface area contributed by atoms with Crippen LogP contribution in [0.15, 0.2) is 42.5 Å². The van der Waals surface area contributed by atoms with Crippen molar-refractivity contribution in [1.82, 2.24) is 5.32 Å². The molecule has 156 valence electrons. The molecule has 7 nitrogen and oxygen atoms in total. The van der Waals surface area contributed by atoms with Gasteiger partial charge in [0.1, 0.15) is 5.75 Å². The van der Waals surface area contributed by atoms with Crippen LogP contribution in [0.2, 0.25) is 0 Å². The topological polar surface area (TPSA) is 82.7 Å². The smallest absolute Gasteiger partial charge is 0.323 e. The van der Waals surface area contributed by atoms with Crippen LogP contribution in [0.5, 0.6) is 5.75 Å². The number of ether oxygens (including phenoxy) is 1. The average molecular weight is 399 g/mol. The highest BCUT2D eigenvalue weighted by Crippen LogP contribution is 2.23. The molecule has 0 aliphatic rings. The van der Waals surface area contributed by atoms with E-state index in [2.05, 4.69) is 16.0 Å². The Bertz CT molecular complexity index is 832. The summed E-state index contributed by atoms with van der Waals surface area (Å²) in [5, 5.41) is 8.47. The number of hydrogen-bond donors (Lipinski definition) is 3. The Morgan fingerprint density at radius 1 is 1.00 bits per heavy atom. The molecule has 3 N–H and O–H groups in total. The number of rotatable bonds is 8. The molecule has 0 bridgehead atoms. The predicted molar refractivity (Wildman–Crippen MR) is 118 cm³/mol. The van der Waals surface area contributed by atoms with Crippen molar-refractivity contribution in [2.75, 3.05) is 42.8 Å².